The highest BCUT2D eigenvalue weighted by Gasteiger charge is 2.29. The number of nitrogens with zero attached hydrogens (tertiary/aromatic N) is 5. The number of carbonyl (C=O) groups excluding carboxylic acids is 1. The highest BCUT2D eigenvalue weighted by molar-refractivity contribution is 6.00. The molecule has 8 nitrogen and oxygen atoms in total. The summed E-state index contributed by atoms with van der Waals surface area (Å²) >= 11 is 0. The molecule has 2 saturated heterocycles. The number of hydrogen-bond acceptors (Lipinski definition) is 5. The van der Waals surface area contributed by atoms with Crippen molar-refractivity contribution >= 4 is 5.91 Å². The normalized spacial score (nSPS) is 19.2. The van der Waals surface area contributed by atoms with E-state index in [9.17, 15) is 9.59 Å². The van der Waals surface area contributed by atoms with Crippen LogP contribution in [0, 0.1) is 0 Å². The minimum absolute atomic E-state index is 0.0560. The van der Waals surface area contributed by atoms with Crippen LogP contribution in [0.25, 0.3) is 16.9 Å². The number of hydrogen-bond donors (Lipinski definition) is 0. The number of aromatic nitrogens is 3. The number of fused-ring (bicyclic) bond motifs is 1. The number of amides is 1. The van der Waals surface area contributed by atoms with Crippen molar-refractivity contribution in [2.24, 2.45) is 0 Å². The predicted octanol–water partition coefficient (Wildman–Crippen LogP) is 2.88. The SMILES string of the molecule is CCCCN1CCN(C(=O)c2cn(CC3CCCO3)cc3c(=O)n(-c4ccccc4)nc2-3)CC1. The molecule has 0 radical (unpaired) electrons. The van der Waals surface area contributed by atoms with E-state index in [0.29, 0.717) is 42.1 Å². The van der Waals surface area contributed by atoms with Gasteiger partial charge in [-0.1, -0.05) is 31.5 Å². The Balaban J connectivity index is 1.48. The third-order valence-corrected chi connectivity index (χ3v) is 6.88. The number of ether oxygens (including phenoxy) is 1. The van der Waals surface area contributed by atoms with Gasteiger partial charge < -0.3 is 14.2 Å². The summed E-state index contributed by atoms with van der Waals surface area (Å²) in [5.41, 5.74) is 1.91. The topological polar surface area (TPSA) is 72.6 Å². The molecule has 1 atom stereocenters. The Labute approximate surface area is 200 Å². The molecule has 1 aromatic carbocycles. The number of piperazine rings is 1. The number of pyridine rings is 1. The summed E-state index contributed by atoms with van der Waals surface area (Å²) in [5.74, 6) is -0.0560. The van der Waals surface area contributed by atoms with Crippen LogP contribution in [0.2, 0.25) is 0 Å². The maximum atomic E-state index is 13.7. The van der Waals surface area contributed by atoms with Crippen molar-refractivity contribution in [3.05, 3.63) is 58.6 Å². The van der Waals surface area contributed by atoms with E-state index in [-0.39, 0.29) is 17.6 Å². The van der Waals surface area contributed by atoms with Crippen molar-refractivity contribution in [3.63, 3.8) is 0 Å². The first-order valence-corrected chi connectivity index (χ1v) is 12.5. The Bertz CT molecular complexity index is 1140. The van der Waals surface area contributed by atoms with Crippen molar-refractivity contribution in [3.8, 4) is 16.9 Å². The summed E-state index contributed by atoms with van der Waals surface area (Å²) < 4.78 is 9.16. The number of para-hydroxylation sites is 1. The van der Waals surface area contributed by atoms with Crippen molar-refractivity contribution in [2.45, 2.75) is 45.3 Å². The molecule has 4 aliphatic rings. The van der Waals surface area contributed by atoms with Gasteiger partial charge in [0.05, 0.1) is 22.9 Å². The van der Waals surface area contributed by atoms with E-state index in [4.69, 9.17) is 4.74 Å². The Morgan fingerprint density at radius 2 is 1.91 bits per heavy atom. The first-order valence-electron chi connectivity index (χ1n) is 12.5. The lowest BCUT2D eigenvalue weighted by Crippen LogP contribution is -2.49. The van der Waals surface area contributed by atoms with Crippen molar-refractivity contribution in [1.29, 1.82) is 0 Å². The van der Waals surface area contributed by atoms with E-state index in [2.05, 4.69) is 16.9 Å². The number of rotatable bonds is 7. The van der Waals surface area contributed by atoms with E-state index in [1.165, 1.54) is 17.5 Å². The van der Waals surface area contributed by atoms with Crippen LogP contribution in [0.5, 0.6) is 0 Å². The second-order valence-electron chi connectivity index (χ2n) is 9.31. The molecule has 1 aromatic rings. The predicted molar refractivity (Wildman–Crippen MR) is 131 cm³/mol. The van der Waals surface area contributed by atoms with Crippen LogP contribution in [0.1, 0.15) is 43.0 Å². The molecule has 0 N–H and O–H groups in total. The summed E-state index contributed by atoms with van der Waals surface area (Å²) in [5, 5.41) is 4.63. The van der Waals surface area contributed by atoms with E-state index in [1.54, 1.807) is 0 Å². The van der Waals surface area contributed by atoms with Crippen LogP contribution in [-0.4, -0.2) is 75.5 Å². The highest BCUT2D eigenvalue weighted by atomic mass is 16.5. The molecule has 4 aliphatic heterocycles. The molecule has 8 heteroatoms. The molecule has 1 amide bonds. The van der Waals surface area contributed by atoms with E-state index in [0.717, 1.165) is 39.1 Å². The van der Waals surface area contributed by atoms with Gasteiger partial charge in [-0.3, -0.25) is 14.5 Å². The number of benzene rings is 1. The summed E-state index contributed by atoms with van der Waals surface area (Å²) in [6.45, 7) is 7.80. The average molecular weight is 464 g/mol. The van der Waals surface area contributed by atoms with Gasteiger partial charge in [-0.25, -0.2) is 0 Å². The quantitative estimate of drug-likeness (QED) is 0.539. The van der Waals surface area contributed by atoms with Gasteiger partial charge in [-0.2, -0.15) is 9.78 Å². The Morgan fingerprint density at radius 3 is 2.62 bits per heavy atom. The summed E-state index contributed by atoms with van der Waals surface area (Å²) in [4.78, 5) is 31.4. The molecule has 5 rings (SSSR count). The van der Waals surface area contributed by atoms with Crippen LogP contribution >= 0.6 is 0 Å². The third-order valence-electron chi connectivity index (χ3n) is 6.88. The maximum Gasteiger partial charge on any atom is 0.282 e. The zero-order valence-electron chi connectivity index (χ0n) is 19.9. The van der Waals surface area contributed by atoms with Gasteiger partial charge in [-0.05, 0) is 37.9 Å². The Hall–Kier alpha value is -2.97. The fourth-order valence-electron chi connectivity index (χ4n) is 4.92. The van der Waals surface area contributed by atoms with E-state index in [1.807, 2.05) is 52.2 Å². The fourth-order valence-corrected chi connectivity index (χ4v) is 4.92. The van der Waals surface area contributed by atoms with Gasteiger partial charge in [0.1, 0.15) is 5.69 Å². The smallest absolute Gasteiger partial charge is 0.282 e. The molecule has 180 valence electrons. The molecule has 0 saturated carbocycles. The second-order valence-corrected chi connectivity index (χ2v) is 9.31. The van der Waals surface area contributed by atoms with Crippen molar-refractivity contribution in [1.82, 2.24) is 24.1 Å². The third kappa shape index (κ3) is 4.65. The van der Waals surface area contributed by atoms with Gasteiger partial charge in [-0.15, -0.1) is 0 Å². The molecular formula is C26H33N5O3. The van der Waals surface area contributed by atoms with E-state index >= 15 is 0 Å². The summed E-state index contributed by atoms with van der Waals surface area (Å²) in [6, 6.07) is 9.36. The highest BCUT2D eigenvalue weighted by Crippen LogP contribution is 2.25. The van der Waals surface area contributed by atoms with Crippen molar-refractivity contribution in [2.75, 3.05) is 39.3 Å². The summed E-state index contributed by atoms with van der Waals surface area (Å²) in [6.07, 6.45) is 8.17. The Morgan fingerprint density at radius 1 is 1.12 bits per heavy atom. The molecule has 34 heavy (non-hydrogen) atoms. The Kier molecular flexibility index (Phi) is 6.78. The fraction of sp³-hybridized carbons (Fsp3) is 0.500. The van der Waals surface area contributed by atoms with Crippen LogP contribution in [0.4, 0.5) is 0 Å². The van der Waals surface area contributed by atoms with Gasteiger partial charge in [0.2, 0.25) is 0 Å². The summed E-state index contributed by atoms with van der Waals surface area (Å²) in [7, 11) is 0. The van der Waals surface area contributed by atoms with Gasteiger partial charge in [0.25, 0.3) is 11.5 Å². The number of unbranched alkanes of at least 4 members (excludes halogenated alkanes) is 1. The monoisotopic (exact) mass is 463 g/mol. The van der Waals surface area contributed by atoms with Gasteiger partial charge >= 0.3 is 0 Å². The van der Waals surface area contributed by atoms with Gasteiger partial charge in [0, 0.05) is 51.7 Å². The minimum atomic E-state index is -0.207. The van der Waals surface area contributed by atoms with Crippen molar-refractivity contribution < 1.29 is 9.53 Å². The van der Waals surface area contributed by atoms with Crippen LogP contribution in [-0.2, 0) is 11.3 Å². The maximum absolute atomic E-state index is 13.7. The first-order chi connectivity index (χ1) is 16.6. The molecule has 0 spiro atoms. The van der Waals surface area contributed by atoms with Gasteiger partial charge in [0.15, 0.2) is 0 Å². The minimum Gasteiger partial charge on any atom is -0.376 e. The second kappa shape index (κ2) is 10.1. The average Bonchev–Trinajstić information content (AvgIpc) is 3.51. The zero-order chi connectivity index (χ0) is 23.5. The van der Waals surface area contributed by atoms with Crippen LogP contribution in [0.15, 0.2) is 47.5 Å². The molecule has 0 bridgehead atoms. The zero-order valence-corrected chi connectivity index (χ0v) is 19.9. The number of carbonyl (C=O) groups is 1. The first kappa shape index (κ1) is 22.8. The lowest BCUT2D eigenvalue weighted by molar-refractivity contribution is 0.0633. The van der Waals surface area contributed by atoms with E-state index < -0.39 is 0 Å². The van der Waals surface area contributed by atoms with Crippen LogP contribution in [0.3, 0.4) is 0 Å². The molecule has 2 fully saturated rings. The molecule has 0 aromatic heterocycles. The molecule has 4 heterocycles. The van der Waals surface area contributed by atoms with Crippen LogP contribution < -0.4 is 5.56 Å². The largest absolute Gasteiger partial charge is 0.376 e. The molecular weight excluding hydrogens is 430 g/mol. The molecule has 0 aliphatic carbocycles. The lowest BCUT2D eigenvalue weighted by atomic mass is 10.1. The lowest BCUT2D eigenvalue weighted by Gasteiger charge is -2.35. The standard InChI is InChI=1S/C26H33N5O3/c1-2-3-11-28-12-14-30(15-13-28)25(32)22-18-29(17-21-10-7-16-34-21)19-23-24(22)27-31(26(23)33)20-8-5-4-6-9-20/h4-6,8-9,18-19,21H,2-3,7,10-17H2,1H3. The molecule has 1 unspecified atom stereocenters.